The maximum Gasteiger partial charge on any atom is 0.0567 e. The van der Waals surface area contributed by atoms with E-state index in [-0.39, 0.29) is 0 Å². The lowest BCUT2D eigenvalue weighted by Gasteiger charge is -2.19. The highest BCUT2D eigenvalue weighted by Crippen LogP contribution is 2.45. The molecule has 0 aliphatic rings. The van der Waals surface area contributed by atoms with Crippen LogP contribution in [0, 0.1) is 0 Å². The lowest BCUT2D eigenvalue weighted by molar-refractivity contribution is 1.15. The molecule has 0 radical (unpaired) electrons. The van der Waals surface area contributed by atoms with E-state index in [1.807, 2.05) is 0 Å². The summed E-state index contributed by atoms with van der Waals surface area (Å²) < 4.78 is 7.45. The van der Waals surface area contributed by atoms with Crippen LogP contribution in [0.15, 0.2) is 200 Å². The van der Waals surface area contributed by atoms with Gasteiger partial charge in [0.1, 0.15) is 0 Å². The summed E-state index contributed by atoms with van der Waals surface area (Å²) in [5.74, 6) is 0. The monoisotopic (exact) mass is 723 g/mol. The second-order valence-corrected chi connectivity index (χ2v) is 15.3. The van der Waals surface area contributed by atoms with Crippen molar-refractivity contribution in [2.45, 2.75) is 0 Å². The van der Waals surface area contributed by atoms with Crippen LogP contribution in [-0.2, 0) is 0 Å². The van der Waals surface area contributed by atoms with Crippen molar-refractivity contribution in [1.29, 1.82) is 0 Å². The first-order chi connectivity index (χ1) is 28.3. The molecule has 3 heteroatoms. The van der Waals surface area contributed by atoms with Crippen molar-refractivity contribution in [3.63, 3.8) is 0 Å². The van der Waals surface area contributed by atoms with E-state index in [0.717, 1.165) is 11.4 Å². The van der Waals surface area contributed by atoms with Gasteiger partial charge in [0.05, 0.1) is 38.8 Å². The molecule has 0 unspecified atom stereocenters. The average molecular weight is 724 g/mol. The summed E-state index contributed by atoms with van der Waals surface area (Å²) in [5.41, 5.74) is 10.7. The zero-order chi connectivity index (χ0) is 37.2. The van der Waals surface area contributed by atoms with E-state index in [2.05, 4.69) is 214 Å². The van der Waals surface area contributed by atoms with Crippen molar-refractivity contribution in [1.82, 2.24) is 13.7 Å². The van der Waals surface area contributed by atoms with Gasteiger partial charge in [0, 0.05) is 49.1 Å². The molecule has 0 atom stereocenters. The van der Waals surface area contributed by atoms with Gasteiger partial charge in [0.2, 0.25) is 0 Å². The van der Waals surface area contributed by atoms with Crippen LogP contribution < -0.4 is 0 Å². The Morgan fingerprint density at radius 1 is 0.211 bits per heavy atom. The van der Waals surface area contributed by atoms with E-state index in [1.54, 1.807) is 0 Å². The van der Waals surface area contributed by atoms with Crippen LogP contribution in [0.5, 0.6) is 0 Å². The van der Waals surface area contributed by atoms with E-state index in [0.29, 0.717) is 0 Å². The van der Waals surface area contributed by atoms with Gasteiger partial charge in [-0.25, -0.2) is 0 Å². The van der Waals surface area contributed by atoms with Gasteiger partial charge >= 0.3 is 0 Å². The Morgan fingerprint density at radius 2 is 0.579 bits per heavy atom. The second-order valence-electron chi connectivity index (χ2n) is 15.3. The fourth-order valence-electron chi connectivity index (χ4n) is 10.0. The molecular formula is C54H33N3. The van der Waals surface area contributed by atoms with Gasteiger partial charge in [0.15, 0.2) is 0 Å². The number of benzene rings is 10. The predicted molar refractivity (Wildman–Crippen MR) is 242 cm³/mol. The highest BCUT2D eigenvalue weighted by atomic mass is 15.0. The van der Waals surface area contributed by atoms with E-state index < -0.39 is 0 Å². The molecule has 0 fully saturated rings. The minimum atomic E-state index is 1.14. The average Bonchev–Trinajstić information content (AvgIpc) is 3.91. The fraction of sp³-hybridized carbons (Fsp3) is 0. The summed E-state index contributed by atoms with van der Waals surface area (Å²) in [6.07, 6.45) is 0. The minimum Gasteiger partial charge on any atom is -0.309 e. The van der Waals surface area contributed by atoms with Crippen LogP contribution in [0.3, 0.4) is 0 Å². The molecule has 3 heterocycles. The molecule has 57 heavy (non-hydrogen) atoms. The van der Waals surface area contributed by atoms with E-state index in [4.69, 9.17) is 0 Å². The first-order valence-electron chi connectivity index (χ1n) is 19.7. The second kappa shape index (κ2) is 11.5. The summed E-state index contributed by atoms with van der Waals surface area (Å²) in [6.45, 7) is 0. The first-order valence-corrected chi connectivity index (χ1v) is 19.7. The number of para-hydroxylation sites is 5. The van der Waals surface area contributed by atoms with Gasteiger partial charge in [-0.1, -0.05) is 140 Å². The topological polar surface area (TPSA) is 14.8 Å². The van der Waals surface area contributed by atoms with Crippen LogP contribution in [0.4, 0.5) is 0 Å². The van der Waals surface area contributed by atoms with Crippen molar-refractivity contribution in [2.75, 3.05) is 0 Å². The molecule has 0 bridgehead atoms. The molecule has 0 amide bonds. The Morgan fingerprint density at radius 3 is 1.12 bits per heavy atom. The normalized spacial score (nSPS) is 12.2. The molecule has 0 aliphatic carbocycles. The van der Waals surface area contributed by atoms with E-state index in [1.165, 1.54) is 103 Å². The molecule has 13 aromatic rings. The largest absolute Gasteiger partial charge is 0.309 e. The zero-order valence-corrected chi connectivity index (χ0v) is 30.9. The lowest BCUT2D eigenvalue weighted by Crippen LogP contribution is -2.01. The molecular weight excluding hydrogens is 691 g/mol. The molecule has 0 saturated carbocycles. The fourth-order valence-corrected chi connectivity index (χ4v) is 10.0. The Bertz CT molecular complexity index is 3750. The Labute approximate surface area is 327 Å². The van der Waals surface area contributed by atoms with Crippen LogP contribution in [0.1, 0.15) is 0 Å². The Kier molecular flexibility index (Phi) is 6.16. The van der Waals surface area contributed by atoms with E-state index >= 15 is 0 Å². The van der Waals surface area contributed by atoms with Gasteiger partial charge in [-0.3, -0.25) is 0 Å². The summed E-state index contributed by atoms with van der Waals surface area (Å²) in [7, 11) is 0. The zero-order valence-electron chi connectivity index (χ0n) is 30.9. The van der Waals surface area contributed by atoms with Gasteiger partial charge < -0.3 is 13.7 Å². The van der Waals surface area contributed by atoms with Gasteiger partial charge in [-0.15, -0.1) is 0 Å². The number of fused-ring (bicyclic) bond motifs is 15. The summed E-state index contributed by atoms with van der Waals surface area (Å²) in [5, 5.41) is 15.0. The highest BCUT2D eigenvalue weighted by molar-refractivity contribution is 6.29. The van der Waals surface area contributed by atoms with Crippen molar-refractivity contribution in [3.05, 3.63) is 200 Å². The summed E-state index contributed by atoms with van der Waals surface area (Å²) in [6, 6.07) is 73.9. The molecule has 0 aliphatic heterocycles. The Hall–Kier alpha value is -7.62. The smallest absolute Gasteiger partial charge is 0.0567 e. The summed E-state index contributed by atoms with van der Waals surface area (Å²) in [4.78, 5) is 0. The molecule has 0 saturated heterocycles. The minimum absolute atomic E-state index is 1.14. The molecule has 10 aromatic carbocycles. The standard InChI is InChI=1S/C54H33N3/c1-2-16-34(17-3-1)55-49-28-14-10-23-41(49)44-33-52-45(32-51(44)55)42-24-11-15-29-50(42)57(52)53-31-35(56-47-26-12-8-21-39(47)40-22-9-13-27-48(40)56)30-46-38-20-5-4-18-36(38)37-19-6-7-25-43(37)54(46)53/h1-33H. The lowest BCUT2D eigenvalue weighted by atomic mass is 9.92. The SMILES string of the molecule is c1ccc(-n2c3ccccc3c3cc4c(cc32)c2ccccc2n4-c2cc(-n3c4ccccc4c4ccccc43)cc3c4ccccc4c4ccccc4c23)cc1. The van der Waals surface area contributed by atoms with Crippen LogP contribution in [-0.4, -0.2) is 13.7 Å². The van der Waals surface area contributed by atoms with Crippen molar-refractivity contribution in [2.24, 2.45) is 0 Å². The first kappa shape index (κ1) is 30.7. The molecule has 0 N–H and O–H groups in total. The molecule has 13 rings (SSSR count). The molecule has 264 valence electrons. The molecule has 3 aromatic heterocycles. The molecule has 3 nitrogen and oxygen atoms in total. The maximum absolute atomic E-state index is 2.56. The highest BCUT2D eigenvalue weighted by Gasteiger charge is 2.23. The summed E-state index contributed by atoms with van der Waals surface area (Å²) >= 11 is 0. The molecule has 0 spiro atoms. The van der Waals surface area contributed by atoms with Crippen LogP contribution >= 0.6 is 0 Å². The maximum atomic E-state index is 2.56. The van der Waals surface area contributed by atoms with Crippen LogP contribution in [0.25, 0.3) is 115 Å². The van der Waals surface area contributed by atoms with Crippen molar-refractivity contribution in [3.8, 4) is 17.1 Å². The predicted octanol–water partition coefficient (Wildman–Crippen LogP) is 14.4. The van der Waals surface area contributed by atoms with Crippen molar-refractivity contribution >= 4 is 97.7 Å². The third-order valence-corrected chi connectivity index (χ3v) is 12.4. The third-order valence-electron chi connectivity index (χ3n) is 12.4. The number of aromatic nitrogens is 3. The van der Waals surface area contributed by atoms with Gasteiger partial charge in [0.25, 0.3) is 0 Å². The number of hydrogen-bond acceptors (Lipinski definition) is 0. The number of rotatable bonds is 3. The third kappa shape index (κ3) is 4.15. The quantitative estimate of drug-likeness (QED) is 0.161. The van der Waals surface area contributed by atoms with E-state index in [9.17, 15) is 0 Å². The Balaban J connectivity index is 1.25. The number of hydrogen-bond donors (Lipinski definition) is 0. The van der Waals surface area contributed by atoms with Gasteiger partial charge in [-0.05, 0) is 87.6 Å². The van der Waals surface area contributed by atoms with Crippen LogP contribution in [0.2, 0.25) is 0 Å². The van der Waals surface area contributed by atoms with Gasteiger partial charge in [-0.2, -0.15) is 0 Å². The number of nitrogens with zero attached hydrogens (tertiary/aromatic N) is 3. The van der Waals surface area contributed by atoms with Crippen molar-refractivity contribution < 1.29 is 0 Å².